The number of nitrogens with zero attached hydrogens (tertiary/aromatic N) is 10. The van der Waals surface area contributed by atoms with Crippen molar-refractivity contribution in [2.75, 3.05) is 100 Å². The summed E-state index contributed by atoms with van der Waals surface area (Å²) in [7, 11) is 1.28. The van der Waals surface area contributed by atoms with Crippen molar-refractivity contribution in [2.24, 2.45) is 0 Å². The number of ether oxygens (including phenoxy) is 1. The molecule has 2 aromatic heterocycles. The molecule has 0 aliphatic carbocycles. The highest BCUT2D eigenvalue weighted by Gasteiger charge is 2.36. The maximum atomic E-state index is 12.2. The third kappa shape index (κ3) is 16.2. The maximum Gasteiger partial charge on any atom is 0.360 e. The van der Waals surface area contributed by atoms with Crippen LogP contribution >= 0.6 is 46.4 Å². The number of rotatable bonds is 13. The van der Waals surface area contributed by atoms with Crippen LogP contribution in [0.2, 0.25) is 20.4 Å². The van der Waals surface area contributed by atoms with Gasteiger partial charge >= 0.3 is 5.97 Å². The molecule has 74 heavy (non-hydrogen) atoms. The van der Waals surface area contributed by atoms with E-state index in [4.69, 9.17) is 62.6 Å². The number of benzene rings is 2. The van der Waals surface area contributed by atoms with E-state index in [1.165, 1.54) is 31.1 Å². The maximum absolute atomic E-state index is 12.2. The van der Waals surface area contributed by atoms with Crippen LogP contribution in [0.15, 0.2) is 48.5 Å². The number of hydrogen-bond acceptors (Lipinski definition) is 15. The molecule has 0 spiro atoms. The van der Waals surface area contributed by atoms with E-state index in [9.17, 15) is 9.59 Å². The van der Waals surface area contributed by atoms with Gasteiger partial charge in [-0.3, -0.25) is 24.4 Å². The molecular formula is C54H77Cl4N13O3. The molecule has 4 aromatic rings. The van der Waals surface area contributed by atoms with Crippen LogP contribution in [0.25, 0.3) is 0 Å². The second kappa shape index (κ2) is 29.6. The first-order chi connectivity index (χ1) is 35.2. The molecule has 0 radical (unpaired) electrons. The Morgan fingerprint density at radius 2 is 1.01 bits per heavy atom. The first kappa shape index (κ1) is 60.2. The molecule has 0 unspecified atom stereocenters. The number of halogens is 4. The lowest BCUT2D eigenvalue weighted by Crippen LogP contribution is -2.58. The number of aromatic nitrogens is 4. The highest BCUT2D eigenvalue weighted by molar-refractivity contribution is 6.32. The molecule has 6 heterocycles. The average Bonchev–Trinajstić information content (AvgIpc) is 3.41. The summed E-state index contributed by atoms with van der Waals surface area (Å²) in [5.41, 5.74) is 14.7. The summed E-state index contributed by atoms with van der Waals surface area (Å²) in [5, 5.41) is 4.65. The van der Waals surface area contributed by atoms with Gasteiger partial charge < -0.3 is 31.3 Å². The van der Waals surface area contributed by atoms with E-state index >= 15 is 0 Å². The molecule has 4 aliphatic rings. The molecule has 20 heteroatoms. The van der Waals surface area contributed by atoms with Gasteiger partial charge in [0.25, 0.3) is 5.91 Å². The van der Waals surface area contributed by atoms with Crippen molar-refractivity contribution in [3.05, 3.63) is 91.4 Å². The molecule has 5 N–H and O–H groups in total. The van der Waals surface area contributed by atoms with Crippen molar-refractivity contribution in [2.45, 2.75) is 118 Å². The number of likely N-dealkylation sites (tertiary alicyclic amines) is 2. The fraction of sp³-hybridized carbons (Fsp3) is 0.556. The van der Waals surface area contributed by atoms with Crippen LogP contribution in [0.5, 0.6) is 0 Å². The van der Waals surface area contributed by atoms with Crippen molar-refractivity contribution in [1.29, 1.82) is 0 Å². The van der Waals surface area contributed by atoms with Gasteiger partial charge in [0.2, 0.25) is 0 Å². The van der Waals surface area contributed by atoms with E-state index in [0.717, 1.165) is 114 Å². The number of carbonyl (C=O) groups excluding carboxylic acids is 2. The van der Waals surface area contributed by atoms with Gasteiger partial charge in [0.1, 0.15) is 0 Å². The van der Waals surface area contributed by atoms with Crippen molar-refractivity contribution in [3.8, 4) is 11.8 Å². The van der Waals surface area contributed by atoms with Crippen LogP contribution in [-0.4, -0.2) is 155 Å². The summed E-state index contributed by atoms with van der Waals surface area (Å²) in [5.74, 6) is 5.60. The van der Waals surface area contributed by atoms with Crippen molar-refractivity contribution >= 4 is 81.6 Å². The third-order valence-electron chi connectivity index (χ3n) is 14.2. The summed E-state index contributed by atoms with van der Waals surface area (Å²) < 4.78 is 4.71. The Hall–Kier alpha value is -4.70. The van der Waals surface area contributed by atoms with Gasteiger partial charge in [-0.15, -0.1) is 11.8 Å². The molecule has 0 bridgehead atoms. The van der Waals surface area contributed by atoms with E-state index in [2.05, 4.69) is 105 Å². The fourth-order valence-corrected chi connectivity index (χ4v) is 11.0. The quantitative estimate of drug-likeness (QED) is 0.0853. The predicted molar refractivity (Wildman–Crippen MR) is 304 cm³/mol. The van der Waals surface area contributed by atoms with Crippen LogP contribution in [0.1, 0.15) is 113 Å². The lowest BCUT2D eigenvalue weighted by Gasteiger charge is -2.47. The standard InChI is InChI=1S/C25H35Cl2N7O.C24H32Cl2N6O2.C4H6.CH4/c1-3-19-16-33(24-22(27)30-21(23(28)31-24)25(35)29-4-2)13-14-34(19)20-9-11-32(12-10-20)15-17-5-7-18(26)8-6-17;1-3-18-15-31(23-21(26)28-20(22(27)29-23)24(33)34-2)12-13-32(18)19-8-10-30(11-9-19)14-16-4-6-17(25)7-5-16;1-3-4-2;/h5-8,19-20H,3-4,9-16H2,1-2H3,(H2,28,31)(H,29,35);4-7,18-19H,3,8-15H2,1-2H3,(H2,27,29);1-2H3;1H4/t19-;18-;;/m00../s1. The van der Waals surface area contributed by atoms with Gasteiger partial charge in [0, 0.05) is 93.1 Å². The van der Waals surface area contributed by atoms with Gasteiger partial charge in [-0.25, -0.2) is 24.7 Å². The average molecular weight is 1100 g/mol. The van der Waals surface area contributed by atoms with Crippen LogP contribution in [0, 0.1) is 11.8 Å². The highest BCUT2D eigenvalue weighted by Crippen LogP contribution is 2.32. The zero-order valence-corrected chi connectivity index (χ0v) is 46.3. The first-order valence-corrected chi connectivity index (χ1v) is 27.0. The van der Waals surface area contributed by atoms with E-state index in [1.807, 2.05) is 45.0 Å². The molecule has 8 rings (SSSR count). The number of nitrogens with one attached hydrogen (secondary N) is 1. The van der Waals surface area contributed by atoms with Gasteiger partial charge in [0.15, 0.2) is 45.0 Å². The summed E-state index contributed by atoms with van der Waals surface area (Å²) >= 11 is 24.9. The zero-order chi connectivity index (χ0) is 52.6. The number of esters is 1. The smallest absolute Gasteiger partial charge is 0.360 e. The molecule has 1 amide bonds. The SMILES string of the molecule is C.CC#CC.CCNC(=O)c1nc(Cl)c(N2CCN(C3CCN(Cc4ccc(Cl)cc4)CC3)[C@@H](CC)C2)nc1N.CC[C@H]1CN(c2nc(N)c(C(=O)OC)nc2Cl)CCN1C1CCN(Cc2ccc(Cl)cc2)CC1. The van der Waals surface area contributed by atoms with E-state index in [-0.39, 0.29) is 46.7 Å². The minimum absolute atomic E-state index is 0. The van der Waals surface area contributed by atoms with Crippen LogP contribution in [0.4, 0.5) is 23.3 Å². The van der Waals surface area contributed by atoms with Gasteiger partial charge in [-0.1, -0.05) is 91.9 Å². The molecule has 0 saturated carbocycles. The second-order valence-corrected chi connectivity index (χ2v) is 20.3. The number of hydrogen-bond donors (Lipinski definition) is 3. The topological polar surface area (TPSA) is 178 Å². The number of nitrogen functional groups attached to an aromatic ring is 2. The summed E-state index contributed by atoms with van der Waals surface area (Å²) in [6.45, 7) is 21.8. The third-order valence-corrected chi connectivity index (χ3v) is 15.2. The van der Waals surface area contributed by atoms with Crippen molar-refractivity contribution in [3.63, 3.8) is 0 Å². The minimum Gasteiger partial charge on any atom is -0.464 e. The Bertz CT molecular complexity index is 2470. The summed E-state index contributed by atoms with van der Waals surface area (Å²) in [6.07, 6.45) is 6.72. The lowest BCUT2D eigenvalue weighted by molar-refractivity contribution is 0.0593. The van der Waals surface area contributed by atoms with Gasteiger partial charge in [-0.05, 0) is 121 Å². The molecule has 16 nitrogen and oxygen atoms in total. The van der Waals surface area contributed by atoms with Crippen LogP contribution in [0.3, 0.4) is 0 Å². The molecule has 2 atom stereocenters. The Labute approximate surface area is 459 Å². The van der Waals surface area contributed by atoms with E-state index < -0.39 is 5.97 Å². The van der Waals surface area contributed by atoms with Gasteiger partial charge in [0.05, 0.1) is 7.11 Å². The lowest BCUT2D eigenvalue weighted by atomic mass is 9.98. The Morgan fingerprint density at radius 3 is 1.38 bits per heavy atom. The van der Waals surface area contributed by atoms with E-state index in [0.29, 0.717) is 42.3 Å². The summed E-state index contributed by atoms with van der Waals surface area (Å²) in [6, 6.07) is 18.2. The zero-order valence-electron chi connectivity index (χ0n) is 43.2. The molecule has 4 saturated heterocycles. The highest BCUT2D eigenvalue weighted by atomic mass is 35.5. The van der Waals surface area contributed by atoms with Gasteiger partial charge in [-0.2, -0.15) is 0 Å². The Balaban J connectivity index is 0.000000252. The minimum atomic E-state index is -0.642. The number of anilines is 4. The molecular weight excluding hydrogens is 1020 g/mol. The Kier molecular flexibility index (Phi) is 24.0. The van der Waals surface area contributed by atoms with Crippen molar-refractivity contribution in [1.82, 2.24) is 44.9 Å². The molecule has 4 fully saturated rings. The monoisotopic (exact) mass is 1100 g/mol. The molecule has 404 valence electrons. The summed E-state index contributed by atoms with van der Waals surface area (Å²) in [4.78, 5) is 56.0. The van der Waals surface area contributed by atoms with Crippen molar-refractivity contribution < 1.29 is 14.3 Å². The number of piperazine rings is 2. The number of piperidine rings is 2. The number of nitrogens with two attached hydrogens (primary N) is 2. The normalized spacial score (nSPS) is 19.2. The van der Waals surface area contributed by atoms with Crippen LogP contribution in [-0.2, 0) is 17.8 Å². The molecule has 4 aliphatic heterocycles. The first-order valence-electron chi connectivity index (χ1n) is 25.5. The largest absolute Gasteiger partial charge is 0.464 e. The fourth-order valence-electron chi connectivity index (χ4n) is 10.2. The number of methoxy groups -OCH3 is 1. The molecule has 2 aromatic carbocycles. The predicted octanol–water partition coefficient (Wildman–Crippen LogP) is 9.06. The number of amides is 1. The second-order valence-electron chi connectivity index (χ2n) is 18.8. The van der Waals surface area contributed by atoms with E-state index in [1.54, 1.807) is 0 Å². The number of carbonyl (C=O) groups is 2. The Morgan fingerprint density at radius 1 is 0.622 bits per heavy atom. The van der Waals surface area contributed by atoms with Crippen LogP contribution < -0.4 is 26.6 Å².